The minimum absolute atomic E-state index is 0.287. The molecular weight excluding hydrogens is 236 g/mol. The molecule has 96 valence electrons. The van der Waals surface area contributed by atoms with E-state index < -0.39 is 12.0 Å². The molecule has 1 amide bonds. The second-order valence-corrected chi connectivity index (χ2v) is 4.12. The van der Waals surface area contributed by atoms with Gasteiger partial charge in [0.25, 0.3) is 5.91 Å². The molecule has 0 saturated carbocycles. The Morgan fingerprint density at radius 2 is 2.28 bits per heavy atom. The summed E-state index contributed by atoms with van der Waals surface area (Å²) < 4.78 is 4.67. The van der Waals surface area contributed by atoms with Gasteiger partial charge < -0.3 is 14.6 Å². The van der Waals surface area contributed by atoms with Crippen LogP contribution >= 0.6 is 0 Å². The van der Waals surface area contributed by atoms with Crippen molar-refractivity contribution in [1.82, 2.24) is 9.88 Å². The predicted octanol–water partition coefficient (Wildman–Crippen LogP) is 0.152. The molecule has 1 aromatic rings. The van der Waals surface area contributed by atoms with Gasteiger partial charge in [-0.3, -0.25) is 9.59 Å². The van der Waals surface area contributed by atoms with Crippen LogP contribution in [0, 0.1) is 0 Å². The van der Waals surface area contributed by atoms with E-state index >= 15 is 0 Å². The van der Waals surface area contributed by atoms with Crippen molar-refractivity contribution in [3.63, 3.8) is 0 Å². The number of methoxy groups -OCH3 is 1. The second kappa shape index (κ2) is 5.03. The van der Waals surface area contributed by atoms with Crippen LogP contribution in [0.15, 0.2) is 23.1 Å². The van der Waals surface area contributed by atoms with Gasteiger partial charge in [-0.05, 0) is 18.9 Å². The first-order valence-electron chi connectivity index (χ1n) is 5.71. The number of carbonyl (C=O) groups is 2. The third-order valence-corrected chi connectivity index (χ3v) is 3.01. The van der Waals surface area contributed by atoms with Gasteiger partial charge in [-0.25, -0.2) is 4.79 Å². The topological polar surface area (TPSA) is 79.5 Å². The third-order valence-electron chi connectivity index (χ3n) is 3.01. The van der Waals surface area contributed by atoms with E-state index in [4.69, 9.17) is 0 Å². The SMILES string of the molecule is COC(=O)C1CCCN1C(=O)c1cc[nH]c(=O)c1. The van der Waals surface area contributed by atoms with Gasteiger partial charge in [0.2, 0.25) is 5.56 Å². The number of H-pyrrole nitrogens is 1. The molecule has 1 aromatic heterocycles. The summed E-state index contributed by atoms with van der Waals surface area (Å²) in [5.74, 6) is -0.723. The van der Waals surface area contributed by atoms with Crippen molar-refractivity contribution in [2.24, 2.45) is 0 Å². The molecule has 1 N–H and O–H groups in total. The number of aromatic nitrogens is 1. The number of hydrogen-bond acceptors (Lipinski definition) is 4. The van der Waals surface area contributed by atoms with E-state index in [9.17, 15) is 14.4 Å². The molecular formula is C12H14N2O4. The van der Waals surface area contributed by atoms with Crippen LogP contribution in [0.1, 0.15) is 23.2 Å². The molecule has 6 nitrogen and oxygen atoms in total. The number of rotatable bonds is 2. The molecule has 1 saturated heterocycles. The number of pyridine rings is 1. The highest BCUT2D eigenvalue weighted by Crippen LogP contribution is 2.20. The summed E-state index contributed by atoms with van der Waals surface area (Å²) in [5.41, 5.74) is -0.0516. The third kappa shape index (κ3) is 2.27. The van der Waals surface area contributed by atoms with E-state index in [0.29, 0.717) is 13.0 Å². The van der Waals surface area contributed by atoms with Crippen molar-refractivity contribution < 1.29 is 14.3 Å². The van der Waals surface area contributed by atoms with Gasteiger partial charge in [0.1, 0.15) is 6.04 Å². The molecule has 6 heteroatoms. The van der Waals surface area contributed by atoms with Gasteiger partial charge in [-0.1, -0.05) is 0 Å². The molecule has 0 spiro atoms. The molecule has 0 aromatic carbocycles. The lowest BCUT2D eigenvalue weighted by atomic mass is 10.2. The van der Waals surface area contributed by atoms with Crippen molar-refractivity contribution in [2.75, 3.05) is 13.7 Å². The van der Waals surface area contributed by atoms with E-state index in [2.05, 4.69) is 9.72 Å². The van der Waals surface area contributed by atoms with E-state index in [1.807, 2.05) is 0 Å². The molecule has 0 aliphatic carbocycles. The first-order valence-corrected chi connectivity index (χ1v) is 5.71. The van der Waals surface area contributed by atoms with Crippen molar-refractivity contribution in [3.8, 4) is 0 Å². The Kier molecular flexibility index (Phi) is 3.45. The Morgan fingerprint density at radius 3 is 2.94 bits per heavy atom. The van der Waals surface area contributed by atoms with Crippen molar-refractivity contribution in [2.45, 2.75) is 18.9 Å². The van der Waals surface area contributed by atoms with E-state index in [1.165, 1.54) is 30.3 Å². The van der Waals surface area contributed by atoms with Crippen LogP contribution in [-0.4, -0.2) is 41.5 Å². The van der Waals surface area contributed by atoms with Gasteiger partial charge in [0.05, 0.1) is 7.11 Å². The predicted molar refractivity (Wildman–Crippen MR) is 63.1 cm³/mol. The van der Waals surface area contributed by atoms with Crippen LogP contribution in [0.4, 0.5) is 0 Å². The van der Waals surface area contributed by atoms with Gasteiger partial charge >= 0.3 is 5.97 Å². The average Bonchev–Trinajstić information content (AvgIpc) is 2.86. The minimum atomic E-state index is -0.540. The maximum Gasteiger partial charge on any atom is 0.328 e. The molecule has 2 heterocycles. The van der Waals surface area contributed by atoms with Crippen LogP contribution in [-0.2, 0) is 9.53 Å². The lowest BCUT2D eigenvalue weighted by Crippen LogP contribution is -2.41. The molecule has 1 atom stereocenters. The van der Waals surface area contributed by atoms with Crippen molar-refractivity contribution in [3.05, 3.63) is 34.2 Å². The summed E-state index contributed by atoms with van der Waals surface area (Å²) in [7, 11) is 1.30. The zero-order valence-corrected chi connectivity index (χ0v) is 10.0. The van der Waals surface area contributed by atoms with E-state index in [0.717, 1.165) is 6.42 Å². The highest BCUT2D eigenvalue weighted by molar-refractivity contribution is 5.97. The fourth-order valence-electron chi connectivity index (χ4n) is 2.13. The van der Waals surface area contributed by atoms with Gasteiger partial charge in [0.15, 0.2) is 0 Å². The normalized spacial score (nSPS) is 18.7. The number of nitrogens with zero attached hydrogens (tertiary/aromatic N) is 1. The largest absolute Gasteiger partial charge is 0.467 e. The molecule has 0 radical (unpaired) electrons. The Morgan fingerprint density at radius 1 is 1.50 bits per heavy atom. The standard InChI is InChI=1S/C12H14N2O4/c1-18-12(17)9-3-2-6-14(9)11(16)8-4-5-13-10(15)7-8/h4-5,7,9H,2-3,6H2,1H3,(H,13,15). The summed E-state index contributed by atoms with van der Waals surface area (Å²) in [6.45, 7) is 0.505. The number of esters is 1. The lowest BCUT2D eigenvalue weighted by Gasteiger charge is -2.22. The fraction of sp³-hybridized carbons (Fsp3) is 0.417. The summed E-state index contributed by atoms with van der Waals surface area (Å²) in [5, 5.41) is 0. The number of amides is 1. The number of ether oxygens (including phenoxy) is 1. The van der Waals surface area contributed by atoms with Crippen LogP contribution < -0.4 is 5.56 Å². The number of hydrogen-bond donors (Lipinski definition) is 1. The first kappa shape index (κ1) is 12.3. The lowest BCUT2D eigenvalue weighted by molar-refractivity contribution is -0.145. The summed E-state index contributed by atoms with van der Waals surface area (Å²) in [6.07, 6.45) is 2.77. The van der Waals surface area contributed by atoms with Crippen molar-refractivity contribution >= 4 is 11.9 Å². The Balaban J connectivity index is 2.23. The van der Waals surface area contributed by atoms with Crippen LogP contribution in [0.25, 0.3) is 0 Å². The Hall–Kier alpha value is -2.11. The van der Waals surface area contributed by atoms with Gasteiger partial charge in [-0.2, -0.15) is 0 Å². The molecule has 1 fully saturated rings. The van der Waals surface area contributed by atoms with E-state index in [1.54, 1.807) is 0 Å². The first-order chi connectivity index (χ1) is 8.63. The van der Waals surface area contributed by atoms with Gasteiger partial charge in [0, 0.05) is 24.4 Å². The van der Waals surface area contributed by atoms with Gasteiger partial charge in [-0.15, -0.1) is 0 Å². The molecule has 2 rings (SSSR count). The molecule has 18 heavy (non-hydrogen) atoms. The number of nitrogens with one attached hydrogen (secondary N) is 1. The minimum Gasteiger partial charge on any atom is -0.467 e. The highest BCUT2D eigenvalue weighted by atomic mass is 16.5. The van der Waals surface area contributed by atoms with Crippen LogP contribution in [0.3, 0.4) is 0 Å². The molecule has 1 aliphatic rings. The molecule has 1 aliphatic heterocycles. The monoisotopic (exact) mass is 250 g/mol. The Bertz CT molecular complexity index is 523. The smallest absolute Gasteiger partial charge is 0.328 e. The second-order valence-electron chi connectivity index (χ2n) is 4.12. The quantitative estimate of drug-likeness (QED) is 0.758. The number of likely N-dealkylation sites (tertiary alicyclic amines) is 1. The number of carbonyl (C=O) groups excluding carboxylic acids is 2. The summed E-state index contributed by atoms with van der Waals surface area (Å²) >= 11 is 0. The highest BCUT2D eigenvalue weighted by Gasteiger charge is 2.35. The Labute approximate surface area is 104 Å². The van der Waals surface area contributed by atoms with Crippen LogP contribution in [0.2, 0.25) is 0 Å². The average molecular weight is 250 g/mol. The summed E-state index contributed by atoms with van der Waals surface area (Å²) in [6, 6.07) is 2.22. The maximum absolute atomic E-state index is 12.2. The molecule has 0 bridgehead atoms. The van der Waals surface area contributed by atoms with E-state index in [-0.39, 0.29) is 17.0 Å². The zero-order valence-electron chi connectivity index (χ0n) is 10.0. The molecule has 1 unspecified atom stereocenters. The van der Waals surface area contributed by atoms with Crippen molar-refractivity contribution in [1.29, 1.82) is 0 Å². The maximum atomic E-state index is 12.2. The number of aromatic amines is 1. The van der Waals surface area contributed by atoms with Crippen LogP contribution in [0.5, 0.6) is 0 Å². The fourth-order valence-corrected chi connectivity index (χ4v) is 2.13. The zero-order chi connectivity index (χ0) is 13.1. The summed E-state index contributed by atoms with van der Waals surface area (Å²) in [4.78, 5) is 38.8.